The van der Waals surface area contributed by atoms with E-state index in [1.807, 2.05) is 13.0 Å². The number of benzene rings is 2. The maximum atomic E-state index is 13.7. The first-order chi connectivity index (χ1) is 8.97. The molecule has 0 aliphatic rings. The first-order valence-corrected chi connectivity index (χ1v) is 7.02. The van der Waals surface area contributed by atoms with Crippen molar-refractivity contribution >= 4 is 27.5 Å². The van der Waals surface area contributed by atoms with Gasteiger partial charge in [-0.15, -0.1) is 0 Å². The molecule has 0 amide bonds. The van der Waals surface area contributed by atoms with E-state index in [0.717, 1.165) is 5.56 Å². The van der Waals surface area contributed by atoms with Gasteiger partial charge in [0.05, 0.1) is 6.10 Å². The molecule has 0 bridgehead atoms. The molecule has 0 radical (unpaired) electrons. The molecule has 19 heavy (non-hydrogen) atoms. The summed E-state index contributed by atoms with van der Waals surface area (Å²) in [6.07, 6.45) is -0.620. The molecule has 0 aromatic heterocycles. The van der Waals surface area contributed by atoms with Crippen LogP contribution in [0.5, 0.6) is 0 Å². The van der Waals surface area contributed by atoms with Crippen molar-refractivity contribution in [2.45, 2.75) is 19.4 Å². The Kier molecular flexibility index (Phi) is 4.61. The van der Waals surface area contributed by atoms with Crippen LogP contribution in [0.25, 0.3) is 0 Å². The Bertz CT molecular complexity index is 601. The van der Waals surface area contributed by atoms with E-state index in [1.165, 1.54) is 6.07 Å². The van der Waals surface area contributed by atoms with Gasteiger partial charge in [0.2, 0.25) is 0 Å². The lowest BCUT2D eigenvalue weighted by Gasteiger charge is -2.14. The summed E-state index contributed by atoms with van der Waals surface area (Å²) < 4.78 is 14.4. The van der Waals surface area contributed by atoms with E-state index in [9.17, 15) is 9.50 Å². The van der Waals surface area contributed by atoms with E-state index >= 15 is 0 Å². The summed E-state index contributed by atoms with van der Waals surface area (Å²) in [5, 5.41) is 10.7. The molecule has 0 saturated carbocycles. The Morgan fingerprint density at radius 3 is 2.63 bits per heavy atom. The van der Waals surface area contributed by atoms with Crippen molar-refractivity contribution in [1.29, 1.82) is 0 Å². The fourth-order valence-electron chi connectivity index (χ4n) is 1.91. The molecule has 0 fully saturated rings. The number of rotatable bonds is 3. The van der Waals surface area contributed by atoms with Gasteiger partial charge in [0.1, 0.15) is 5.82 Å². The number of aliphatic hydroxyl groups excluding tert-OH is 1. The second-order valence-corrected chi connectivity index (χ2v) is 5.80. The highest BCUT2D eigenvalue weighted by Crippen LogP contribution is 2.28. The van der Waals surface area contributed by atoms with Crippen molar-refractivity contribution in [1.82, 2.24) is 0 Å². The largest absolute Gasteiger partial charge is 0.388 e. The lowest BCUT2D eigenvalue weighted by atomic mass is 10.00. The highest BCUT2D eigenvalue weighted by molar-refractivity contribution is 9.10. The van der Waals surface area contributed by atoms with E-state index in [2.05, 4.69) is 15.9 Å². The molecule has 0 heterocycles. The zero-order valence-electron chi connectivity index (χ0n) is 10.3. The van der Waals surface area contributed by atoms with Gasteiger partial charge >= 0.3 is 0 Å². The van der Waals surface area contributed by atoms with E-state index in [4.69, 9.17) is 11.6 Å². The van der Waals surface area contributed by atoms with Crippen LogP contribution in [0.15, 0.2) is 40.9 Å². The molecular weight excluding hydrogens is 331 g/mol. The summed E-state index contributed by atoms with van der Waals surface area (Å²) in [7, 11) is 0. The fourth-order valence-corrected chi connectivity index (χ4v) is 2.60. The van der Waals surface area contributed by atoms with Gasteiger partial charge in [-0.3, -0.25) is 0 Å². The minimum Gasteiger partial charge on any atom is -0.388 e. The quantitative estimate of drug-likeness (QED) is 0.846. The van der Waals surface area contributed by atoms with Crippen LogP contribution >= 0.6 is 27.5 Å². The summed E-state index contributed by atoms with van der Waals surface area (Å²) in [4.78, 5) is 0. The molecule has 0 aliphatic carbocycles. The minimum atomic E-state index is -0.816. The molecule has 2 aromatic rings. The molecule has 0 aliphatic heterocycles. The molecule has 2 rings (SSSR count). The van der Waals surface area contributed by atoms with Gasteiger partial charge in [-0.05, 0) is 41.8 Å². The predicted octanol–water partition coefficient (Wildman–Crippen LogP) is 4.83. The van der Waals surface area contributed by atoms with Gasteiger partial charge in [0.15, 0.2) is 0 Å². The zero-order valence-corrected chi connectivity index (χ0v) is 12.7. The van der Waals surface area contributed by atoms with Gasteiger partial charge in [-0.25, -0.2) is 4.39 Å². The van der Waals surface area contributed by atoms with Gasteiger partial charge < -0.3 is 5.11 Å². The normalized spacial score (nSPS) is 12.5. The average molecular weight is 344 g/mol. The van der Waals surface area contributed by atoms with Crippen LogP contribution < -0.4 is 0 Å². The molecule has 4 heteroatoms. The lowest BCUT2D eigenvalue weighted by molar-refractivity contribution is 0.177. The lowest BCUT2D eigenvalue weighted by Crippen LogP contribution is -2.04. The monoisotopic (exact) mass is 342 g/mol. The molecule has 0 spiro atoms. The summed E-state index contributed by atoms with van der Waals surface area (Å²) in [5.41, 5.74) is 2.11. The van der Waals surface area contributed by atoms with Crippen LogP contribution in [0.1, 0.15) is 22.8 Å². The van der Waals surface area contributed by atoms with Crippen LogP contribution in [0, 0.1) is 12.7 Å². The van der Waals surface area contributed by atoms with Gasteiger partial charge in [-0.2, -0.15) is 0 Å². The average Bonchev–Trinajstić information content (AvgIpc) is 2.32. The highest BCUT2D eigenvalue weighted by Gasteiger charge is 2.14. The zero-order chi connectivity index (χ0) is 14.0. The van der Waals surface area contributed by atoms with Crippen molar-refractivity contribution in [2.24, 2.45) is 0 Å². The molecular formula is C15H13BrClFO. The maximum absolute atomic E-state index is 13.7. The molecule has 1 unspecified atom stereocenters. The smallest absolute Gasteiger partial charge is 0.127 e. The van der Waals surface area contributed by atoms with Crippen molar-refractivity contribution in [3.05, 3.63) is 68.4 Å². The van der Waals surface area contributed by atoms with Crippen LogP contribution in [0.3, 0.4) is 0 Å². The molecule has 1 atom stereocenters. The number of aryl methyl sites for hydroxylation is 1. The van der Waals surface area contributed by atoms with E-state index in [1.54, 1.807) is 24.3 Å². The third-order valence-electron chi connectivity index (χ3n) is 2.94. The third-order valence-corrected chi connectivity index (χ3v) is 3.76. The van der Waals surface area contributed by atoms with Crippen LogP contribution in [0.4, 0.5) is 4.39 Å². The second-order valence-electron chi connectivity index (χ2n) is 4.48. The van der Waals surface area contributed by atoms with E-state index < -0.39 is 6.10 Å². The Balaban J connectivity index is 2.23. The van der Waals surface area contributed by atoms with Crippen molar-refractivity contribution in [2.75, 3.05) is 0 Å². The highest BCUT2D eigenvalue weighted by atomic mass is 79.9. The SMILES string of the molecule is Cc1ccc(C(O)Cc2ccc(Br)cc2F)c(Cl)c1. The van der Waals surface area contributed by atoms with Gasteiger partial charge in [0, 0.05) is 15.9 Å². The first-order valence-electron chi connectivity index (χ1n) is 5.85. The number of hydrogen-bond donors (Lipinski definition) is 1. The van der Waals surface area contributed by atoms with Crippen molar-refractivity contribution < 1.29 is 9.50 Å². The number of halogens is 3. The van der Waals surface area contributed by atoms with Crippen LogP contribution in [-0.2, 0) is 6.42 Å². The molecule has 0 saturated heterocycles. The van der Waals surface area contributed by atoms with Gasteiger partial charge in [-0.1, -0.05) is 45.7 Å². The summed E-state index contributed by atoms with van der Waals surface area (Å²) in [5.74, 6) is -0.336. The summed E-state index contributed by atoms with van der Waals surface area (Å²) >= 11 is 9.30. The minimum absolute atomic E-state index is 0.196. The Morgan fingerprint density at radius 1 is 1.26 bits per heavy atom. The summed E-state index contributed by atoms with van der Waals surface area (Å²) in [6.45, 7) is 1.93. The number of aliphatic hydroxyl groups is 1. The molecule has 100 valence electrons. The predicted molar refractivity (Wildman–Crippen MR) is 79.0 cm³/mol. The Hall–Kier alpha value is -0.900. The van der Waals surface area contributed by atoms with E-state index in [0.29, 0.717) is 20.6 Å². The molecule has 1 N–H and O–H groups in total. The molecule has 1 nitrogen and oxygen atoms in total. The summed E-state index contributed by atoms with van der Waals surface area (Å²) in [6, 6.07) is 10.2. The topological polar surface area (TPSA) is 20.2 Å². The van der Waals surface area contributed by atoms with Gasteiger partial charge in [0.25, 0.3) is 0 Å². The standard InChI is InChI=1S/C15H13BrClFO/c1-9-2-5-12(13(17)6-9)15(19)7-10-3-4-11(16)8-14(10)18/h2-6,8,15,19H,7H2,1H3. The molecule has 2 aromatic carbocycles. The Morgan fingerprint density at radius 2 is 2.00 bits per heavy atom. The van der Waals surface area contributed by atoms with Crippen molar-refractivity contribution in [3.63, 3.8) is 0 Å². The third kappa shape index (κ3) is 3.56. The first kappa shape index (κ1) is 14.5. The number of hydrogen-bond acceptors (Lipinski definition) is 1. The maximum Gasteiger partial charge on any atom is 0.127 e. The fraction of sp³-hybridized carbons (Fsp3) is 0.200. The Labute approximate surface area is 125 Å². The van der Waals surface area contributed by atoms with Crippen LogP contribution in [0.2, 0.25) is 5.02 Å². The second kappa shape index (κ2) is 6.04. The van der Waals surface area contributed by atoms with Crippen molar-refractivity contribution in [3.8, 4) is 0 Å². The van der Waals surface area contributed by atoms with Crippen LogP contribution in [-0.4, -0.2) is 5.11 Å². The van der Waals surface area contributed by atoms with E-state index in [-0.39, 0.29) is 12.2 Å².